The van der Waals surface area contributed by atoms with Crippen LogP contribution in [0.2, 0.25) is 10.0 Å². The van der Waals surface area contributed by atoms with Gasteiger partial charge in [-0.25, -0.2) is 22.5 Å². The summed E-state index contributed by atoms with van der Waals surface area (Å²) in [4.78, 5) is 15.6. The molecule has 2 rings (SSSR count). The molecule has 1 aromatic carbocycles. The average Bonchev–Trinajstić information content (AvgIpc) is 2.67. The van der Waals surface area contributed by atoms with E-state index in [9.17, 15) is 17.6 Å². The largest absolute Gasteiger partial charge is 0.487 e. The quantitative estimate of drug-likeness (QED) is 0.682. The molecule has 0 unspecified atom stereocenters. The number of nitrogens with zero attached hydrogens (tertiary/aromatic N) is 1. The van der Waals surface area contributed by atoms with E-state index >= 15 is 0 Å². The molecule has 11 heteroatoms. The first-order valence-corrected chi connectivity index (χ1v) is 9.87. The van der Waals surface area contributed by atoms with Crippen LogP contribution in [0.4, 0.5) is 4.39 Å². The van der Waals surface area contributed by atoms with Gasteiger partial charge in [-0.2, -0.15) is 0 Å². The third-order valence-corrected chi connectivity index (χ3v) is 4.21. The second-order valence-corrected chi connectivity index (χ2v) is 7.87. The predicted molar refractivity (Wildman–Crippen MR) is 103 cm³/mol. The van der Waals surface area contributed by atoms with Crippen LogP contribution < -0.4 is 14.2 Å². The molecule has 0 aliphatic carbocycles. The van der Waals surface area contributed by atoms with Crippen LogP contribution in [0.5, 0.6) is 11.6 Å². The van der Waals surface area contributed by atoms with Crippen molar-refractivity contribution in [3.05, 3.63) is 51.4 Å². The Kier molecular flexibility index (Phi) is 4.46. The van der Waals surface area contributed by atoms with Crippen LogP contribution in [-0.4, -0.2) is 31.6 Å². The molecular weight excluding hydrogens is 434 g/mol. The van der Waals surface area contributed by atoms with Gasteiger partial charge in [0.2, 0.25) is 15.9 Å². The first-order chi connectivity index (χ1) is 15.7. The Morgan fingerprint density at radius 2 is 2.07 bits per heavy atom. The zero-order valence-corrected chi connectivity index (χ0v) is 16.4. The molecule has 0 fully saturated rings. The van der Waals surface area contributed by atoms with Gasteiger partial charge in [-0.1, -0.05) is 23.2 Å². The lowest BCUT2D eigenvalue weighted by Gasteiger charge is -2.13. The molecular formula is C17H17Cl2FN2O5S. The number of benzene rings is 1. The Balaban J connectivity index is 2.21. The van der Waals surface area contributed by atoms with Gasteiger partial charge in [0.25, 0.3) is 5.91 Å². The molecule has 0 saturated carbocycles. The Bertz CT molecular complexity index is 1230. The molecule has 2 aromatic rings. The summed E-state index contributed by atoms with van der Waals surface area (Å²) in [6, 6.07) is 2.85. The lowest BCUT2D eigenvalue weighted by atomic mass is 10.1. The molecule has 1 amide bonds. The van der Waals surface area contributed by atoms with Gasteiger partial charge >= 0.3 is 0 Å². The maximum absolute atomic E-state index is 14.3. The van der Waals surface area contributed by atoms with E-state index in [4.69, 9.17) is 42.3 Å². The fraction of sp³-hybridized carbons (Fsp3) is 0.294. The molecule has 28 heavy (non-hydrogen) atoms. The van der Waals surface area contributed by atoms with Crippen LogP contribution in [-0.2, 0) is 16.6 Å². The van der Waals surface area contributed by atoms with Gasteiger partial charge in [0.1, 0.15) is 23.2 Å². The summed E-state index contributed by atoms with van der Waals surface area (Å²) in [6.45, 7) is -7.11. The summed E-state index contributed by atoms with van der Waals surface area (Å²) in [6.07, 6.45) is -1.65. The molecule has 0 spiro atoms. The monoisotopic (exact) mass is 457 g/mol. The topological polar surface area (TPSA) is 94.6 Å². The molecule has 1 heterocycles. The van der Waals surface area contributed by atoms with E-state index in [0.29, 0.717) is 0 Å². The molecule has 0 saturated heterocycles. The van der Waals surface area contributed by atoms with Gasteiger partial charge in [-0.05, 0) is 25.8 Å². The summed E-state index contributed by atoms with van der Waals surface area (Å²) >= 11 is 12.0. The van der Waals surface area contributed by atoms with Gasteiger partial charge in [-0.3, -0.25) is 4.79 Å². The van der Waals surface area contributed by atoms with Crippen LogP contribution in [0.15, 0.2) is 24.4 Å². The molecule has 7 nitrogen and oxygen atoms in total. The van der Waals surface area contributed by atoms with E-state index in [1.54, 1.807) is 4.72 Å². The van der Waals surface area contributed by atoms with Gasteiger partial charge in [0.15, 0.2) is 0 Å². The highest BCUT2D eigenvalue weighted by Gasteiger charge is 2.18. The van der Waals surface area contributed by atoms with Crippen molar-refractivity contribution in [2.45, 2.75) is 26.4 Å². The minimum atomic E-state index is -3.93. The predicted octanol–water partition coefficient (Wildman–Crippen LogP) is 3.58. The van der Waals surface area contributed by atoms with Crippen LogP contribution >= 0.6 is 23.2 Å². The van der Waals surface area contributed by atoms with E-state index in [1.807, 2.05) is 0 Å². The highest BCUT2D eigenvalue weighted by atomic mass is 35.5. The van der Waals surface area contributed by atoms with Gasteiger partial charge < -0.3 is 9.47 Å². The lowest BCUT2D eigenvalue weighted by Crippen LogP contribution is -2.30. The van der Waals surface area contributed by atoms with Crippen molar-refractivity contribution >= 4 is 39.1 Å². The third-order valence-electron chi connectivity index (χ3n) is 3.03. The van der Waals surface area contributed by atoms with Crippen LogP contribution in [0, 0.1) is 5.82 Å². The number of carbonyl (C=O) groups is 1. The second-order valence-electron chi connectivity index (χ2n) is 5.30. The zero-order chi connectivity index (χ0) is 27.0. The summed E-state index contributed by atoms with van der Waals surface area (Å²) in [7, 11) is -3.93. The summed E-state index contributed by atoms with van der Waals surface area (Å²) < 4.78 is 101. The third kappa shape index (κ3) is 6.22. The number of hydrogen-bond donors (Lipinski definition) is 1. The Morgan fingerprint density at radius 3 is 2.68 bits per heavy atom. The molecule has 0 aliphatic heterocycles. The van der Waals surface area contributed by atoms with Gasteiger partial charge in [-0.15, -0.1) is 0 Å². The number of nitrogens with one attached hydrogen (secondary N) is 1. The number of pyridine rings is 1. The normalized spacial score (nSPS) is 16.4. The SMILES string of the molecule is [2H]C([2H])([2H])C([2H])(Oc1ncc(OCc2cc(F)c(C(=O)NS(C)(=O)=O)cc2Cl)cc1Cl)C([2H])([2H])[2H]. The second kappa shape index (κ2) is 8.93. The van der Waals surface area contributed by atoms with E-state index in [0.717, 1.165) is 30.7 Å². The van der Waals surface area contributed by atoms with Gasteiger partial charge in [0.05, 0.1) is 25.5 Å². The van der Waals surface area contributed by atoms with Crippen molar-refractivity contribution < 1.29 is 36.7 Å². The summed E-state index contributed by atoms with van der Waals surface area (Å²) in [5.41, 5.74) is -0.552. The fourth-order valence-corrected chi connectivity index (χ4v) is 2.78. The standard InChI is InChI=1S/C17H17Cl2FN2O5S/c1-9(2)27-17-14(19)5-11(7-21-17)26-8-10-4-15(20)12(6-13(10)18)16(23)22-28(3,24)25/h4-7,9H,8H2,1-3H3,(H,22,23)/i1D3,2D3,9D. The Labute approximate surface area is 181 Å². The Morgan fingerprint density at radius 1 is 1.36 bits per heavy atom. The molecule has 0 radical (unpaired) electrons. The first kappa shape index (κ1) is 14.0. The highest BCUT2D eigenvalue weighted by Crippen LogP contribution is 2.28. The zero-order valence-electron chi connectivity index (χ0n) is 21.0. The van der Waals surface area contributed by atoms with E-state index in [1.165, 1.54) is 0 Å². The number of halogens is 3. The summed E-state index contributed by atoms with van der Waals surface area (Å²) in [5.74, 6) is -2.98. The van der Waals surface area contributed by atoms with Crippen molar-refractivity contribution in [2.24, 2.45) is 0 Å². The molecule has 1 N–H and O–H groups in total. The number of carbonyl (C=O) groups excluding carboxylic acids is 1. The van der Waals surface area contributed by atoms with Crippen molar-refractivity contribution in [1.82, 2.24) is 9.71 Å². The fourth-order valence-electron chi connectivity index (χ4n) is 1.92. The maximum atomic E-state index is 14.3. The number of sulfonamides is 1. The van der Waals surface area contributed by atoms with Crippen LogP contribution in [0.25, 0.3) is 0 Å². The van der Waals surface area contributed by atoms with Gasteiger partial charge in [0, 0.05) is 24.9 Å². The van der Waals surface area contributed by atoms with E-state index in [2.05, 4.69) is 4.98 Å². The highest BCUT2D eigenvalue weighted by molar-refractivity contribution is 7.89. The lowest BCUT2D eigenvalue weighted by molar-refractivity contribution is 0.0977. The molecule has 1 aromatic heterocycles. The van der Waals surface area contributed by atoms with Crippen molar-refractivity contribution in [2.75, 3.05) is 6.26 Å². The number of hydrogen-bond acceptors (Lipinski definition) is 6. The summed E-state index contributed by atoms with van der Waals surface area (Å²) in [5, 5.41) is -0.504. The van der Waals surface area contributed by atoms with E-state index < -0.39 is 53.0 Å². The minimum Gasteiger partial charge on any atom is -0.487 e. The first-order valence-electron chi connectivity index (χ1n) is 10.7. The number of amides is 1. The van der Waals surface area contributed by atoms with Crippen molar-refractivity contribution in [3.63, 3.8) is 0 Å². The molecule has 0 aliphatic rings. The molecule has 0 atom stereocenters. The maximum Gasteiger partial charge on any atom is 0.267 e. The number of aromatic nitrogens is 1. The van der Waals surface area contributed by atoms with Crippen LogP contribution in [0.1, 0.15) is 39.2 Å². The average molecular weight is 458 g/mol. The molecule has 0 bridgehead atoms. The van der Waals surface area contributed by atoms with Crippen molar-refractivity contribution in [1.29, 1.82) is 0 Å². The number of rotatable bonds is 7. The molecule has 152 valence electrons. The Hall–Kier alpha value is -2.10. The minimum absolute atomic E-state index is 0.0453. The smallest absolute Gasteiger partial charge is 0.267 e. The van der Waals surface area contributed by atoms with Crippen LogP contribution in [0.3, 0.4) is 0 Å². The number of ether oxygens (including phenoxy) is 2. The van der Waals surface area contributed by atoms with E-state index in [-0.39, 0.29) is 28.0 Å². The van der Waals surface area contributed by atoms with Crippen molar-refractivity contribution in [3.8, 4) is 11.6 Å².